The molecule has 0 unspecified atom stereocenters. The second-order valence-electron chi connectivity index (χ2n) is 4.34. The summed E-state index contributed by atoms with van der Waals surface area (Å²) in [4.78, 5) is 23.3. The molecular formula is C16H12F2O3. The molecule has 0 aliphatic carbocycles. The van der Waals surface area contributed by atoms with E-state index >= 15 is 0 Å². The van der Waals surface area contributed by atoms with Gasteiger partial charge < -0.3 is 4.74 Å². The molecule has 0 saturated heterocycles. The smallest absolute Gasteiger partial charge is 0.337 e. The first kappa shape index (κ1) is 14.8. The van der Waals surface area contributed by atoms with Crippen LogP contribution in [0.4, 0.5) is 8.78 Å². The maximum Gasteiger partial charge on any atom is 0.337 e. The van der Waals surface area contributed by atoms with Crippen molar-refractivity contribution >= 4 is 11.8 Å². The standard InChI is InChI=1S/C16H12F2O3/c1-21-15(20)12-8-5-9-13(10-12)16(17,18)14(19)11-6-3-2-4-7-11/h2-10H,1H3. The van der Waals surface area contributed by atoms with Gasteiger partial charge in [-0.25, -0.2) is 4.79 Å². The van der Waals surface area contributed by atoms with Crippen LogP contribution in [-0.2, 0) is 10.7 Å². The third-order valence-corrected chi connectivity index (χ3v) is 2.97. The number of esters is 1. The molecule has 2 aromatic rings. The average molecular weight is 290 g/mol. The van der Waals surface area contributed by atoms with Crippen LogP contribution in [0.5, 0.6) is 0 Å². The summed E-state index contributed by atoms with van der Waals surface area (Å²) in [5, 5.41) is 0. The Morgan fingerprint density at radius 1 is 0.952 bits per heavy atom. The van der Waals surface area contributed by atoms with Crippen molar-refractivity contribution in [2.75, 3.05) is 7.11 Å². The Labute approximate surface area is 120 Å². The molecule has 0 atom stereocenters. The molecule has 3 nitrogen and oxygen atoms in total. The van der Waals surface area contributed by atoms with Crippen molar-refractivity contribution in [3.63, 3.8) is 0 Å². The van der Waals surface area contributed by atoms with E-state index in [0.29, 0.717) is 0 Å². The Morgan fingerprint density at radius 3 is 2.19 bits per heavy atom. The summed E-state index contributed by atoms with van der Waals surface area (Å²) in [5.74, 6) is -5.77. The van der Waals surface area contributed by atoms with Crippen molar-refractivity contribution in [2.24, 2.45) is 0 Å². The predicted molar refractivity (Wildman–Crippen MR) is 72.4 cm³/mol. The van der Waals surface area contributed by atoms with Crippen LogP contribution in [0.25, 0.3) is 0 Å². The van der Waals surface area contributed by atoms with Gasteiger partial charge in [-0.15, -0.1) is 0 Å². The summed E-state index contributed by atoms with van der Waals surface area (Å²) in [6.07, 6.45) is 0. The molecule has 0 heterocycles. The van der Waals surface area contributed by atoms with Crippen molar-refractivity contribution in [3.8, 4) is 0 Å². The second-order valence-corrected chi connectivity index (χ2v) is 4.34. The van der Waals surface area contributed by atoms with Crippen molar-refractivity contribution in [3.05, 3.63) is 71.3 Å². The van der Waals surface area contributed by atoms with Crippen LogP contribution < -0.4 is 0 Å². The third kappa shape index (κ3) is 2.97. The van der Waals surface area contributed by atoms with Crippen LogP contribution in [0.2, 0.25) is 0 Å². The molecule has 0 saturated carbocycles. The Morgan fingerprint density at radius 2 is 1.57 bits per heavy atom. The lowest BCUT2D eigenvalue weighted by Gasteiger charge is -2.16. The topological polar surface area (TPSA) is 43.4 Å². The van der Waals surface area contributed by atoms with Gasteiger partial charge in [0.1, 0.15) is 0 Å². The van der Waals surface area contributed by atoms with Crippen molar-refractivity contribution in [2.45, 2.75) is 5.92 Å². The van der Waals surface area contributed by atoms with Crippen LogP contribution in [-0.4, -0.2) is 18.9 Å². The maximum absolute atomic E-state index is 14.3. The van der Waals surface area contributed by atoms with Crippen LogP contribution in [0, 0.1) is 0 Å². The van der Waals surface area contributed by atoms with E-state index in [4.69, 9.17) is 0 Å². The zero-order valence-electron chi connectivity index (χ0n) is 11.2. The summed E-state index contributed by atoms with van der Waals surface area (Å²) in [6.45, 7) is 0. The number of ketones is 1. The van der Waals surface area contributed by atoms with E-state index in [1.54, 1.807) is 6.07 Å². The second kappa shape index (κ2) is 5.83. The first-order chi connectivity index (χ1) is 9.96. The minimum absolute atomic E-state index is 0.0319. The fourth-order valence-electron chi connectivity index (χ4n) is 1.86. The lowest BCUT2D eigenvalue weighted by Crippen LogP contribution is -2.26. The fraction of sp³-hybridized carbons (Fsp3) is 0.125. The van der Waals surface area contributed by atoms with Gasteiger partial charge in [-0.3, -0.25) is 4.79 Å². The van der Waals surface area contributed by atoms with Gasteiger partial charge in [0.15, 0.2) is 0 Å². The van der Waals surface area contributed by atoms with E-state index in [1.165, 1.54) is 36.4 Å². The van der Waals surface area contributed by atoms with Gasteiger partial charge in [0, 0.05) is 11.1 Å². The maximum atomic E-state index is 14.3. The van der Waals surface area contributed by atoms with Gasteiger partial charge >= 0.3 is 11.9 Å². The largest absolute Gasteiger partial charge is 0.465 e. The molecule has 108 valence electrons. The number of alkyl halides is 2. The number of rotatable bonds is 4. The number of carbonyl (C=O) groups is 2. The molecule has 0 N–H and O–H groups in total. The van der Waals surface area contributed by atoms with Gasteiger partial charge in [0.25, 0.3) is 0 Å². The van der Waals surface area contributed by atoms with Crippen molar-refractivity contribution < 1.29 is 23.1 Å². The normalized spacial score (nSPS) is 11.0. The Kier molecular flexibility index (Phi) is 4.12. The summed E-state index contributed by atoms with van der Waals surface area (Å²) >= 11 is 0. The Bertz CT molecular complexity index is 666. The third-order valence-electron chi connectivity index (χ3n) is 2.97. The molecule has 0 aromatic heterocycles. The summed E-state index contributed by atoms with van der Waals surface area (Å²) in [5.41, 5.74) is -0.666. The minimum atomic E-state index is -3.72. The molecule has 0 aliphatic rings. The highest BCUT2D eigenvalue weighted by molar-refractivity contribution is 6.02. The number of hydrogen-bond donors (Lipinski definition) is 0. The molecule has 0 amide bonds. The van der Waals surface area contributed by atoms with Gasteiger partial charge in [0.2, 0.25) is 5.78 Å². The summed E-state index contributed by atoms with van der Waals surface area (Å²) < 4.78 is 33.0. The van der Waals surface area contributed by atoms with E-state index in [1.807, 2.05) is 0 Å². The first-order valence-electron chi connectivity index (χ1n) is 6.13. The first-order valence-corrected chi connectivity index (χ1v) is 6.13. The molecular weight excluding hydrogens is 278 g/mol. The molecule has 0 aliphatic heterocycles. The number of Topliss-reactive ketones (excluding diaryl/α,β-unsaturated/α-hetero) is 1. The zero-order chi connectivity index (χ0) is 15.5. The molecule has 0 bridgehead atoms. The zero-order valence-corrected chi connectivity index (χ0v) is 11.2. The molecule has 0 spiro atoms. The molecule has 0 radical (unpaired) electrons. The molecule has 5 heteroatoms. The van der Waals surface area contributed by atoms with Crippen LogP contribution in [0.1, 0.15) is 26.3 Å². The number of benzene rings is 2. The number of methoxy groups -OCH3 is 1. The average Bonchev–Trinajstić information content (AvgIpc) is 2.54. The monoisotopic (exact) mass is 290 g/mol. The predicted octanol–water partition coefficient (Wildman–Crippen LogP) is 3.45. The van der Waals surface area contributed by atoms with E-state index in [9.17, 15) is 18.4 Å². The van der Waals surface area contributed by atoms with Crippen LogP contribution in [0.3, 0.4) is 0 Å². The molecule has 2 aromatic carbocycles. The van der Waals surface area contributed by atoms with Crippen molar-refractivity contribution in [1.29, 1.82) is 0 Å². The van der Waals surface area contributed by atoms with Gasteiger partial charge in [-0.1, -0.05) is 42.5 Å². The molecule has 0 fully saturated rings. The number of hydrogen-bond acceptors (Lipinski definition) is 3. The highest BCUT2D eigenvalue weighted by atomic mass is 19.3. The fourth-order valence-corrected chi connectivity index (χ4v) is 1.86. The van der Waals surface area contributed by atoms with E-state index < -0.39 is 23.2 Å². The SMILES string of the molecule is COC(=O)c1cccc(C(F)(F)C(=O)c2ccccc2)c1. The lowest BCUT2D eigenvalue weighted by molar-refractivity contribution is 0.00734. The number of halogens is 2. The highest BCUT2D eigenvalue weighted by Crippen LogP contribution is 2.32. The lowest BCUT2D eigenvalue weighted by atomic mass is 9.97. The van der Waals surface area contributed by atoms with Gasteiger partial charge in [0.05, 0.1) is 12.7 Å². The van der Waals surface area contributed by atoms with E-state index in [0.717, 1.165) is 19.2 Å². The summed E-state index contributed by atoms with van der Waals surface area (Å²) in [7, 11) is 1.16. The van der Waals surface area contributed by atoms with E-state index in [-0.39, 0.29) is 11.1 Å². The quantitative estimate of drug-likeness (QED) is 0.640. The van der Waals surface area contributed by atoms with E-state index in [2.05, 4.69) is 4.74 Å². The number of ether oxygens (including phenoxy) is 1. The molecule has 21 heavy (non-hydrogen) atoms. The molecule has 2 rings (SSSR count). The van der Waals surface area contributed by atoms with Gasteiger partial charge in [-0.05, 0) is 12.1 Å². The number of carbonyl (C=O) groups excluding carboxylic acids is 2. The Balaban J connectivity index is 2.40. The van der Waals surface area contributed by atoms with Crippen molar-refractivity contribution in [1.82, 2.24) is 0 Å². The van der Waals surface area contributed by atoms with Crippen LogP contribution >= 0.6 is 0 Å². The summed E-state index contributed by atoms with van der Waals surface area (Å²) in [6, 6.07) is 12.0. The van der Waals surface area contributed by atoms with Crippen LogP contribution in [0.15, 0.2) is 54.6 Å². The van der Waals surface area contributed by atoms with Gasteiger partial charge in [-0.2, -0.15) is 8.78 Å². The Hall–Kier alpha value is -2.56. The minimum Gasteiger partial charge on any atom is -0.465 e. The highest BCUT2D eigenvalue weighted by Gasteiger charge is 2.41.